The number of halogens is 1. The Labute approximate surface area is 90.2 Å². The van der Waals surface area contributed by atoms with Crippen LogP contribution in [0.15, 0.2) is 24.3 Å². The molecule has 1 heterocycles. The summed E-state index contributed by atoms with van der Waals surface area (Å²) in [7, 11) is 0. The summed E-state index contributed by atoms with van der Waals surface area (Å²) >= 11 is 3.47. The van der Waals surface area contributed by atoms with Gasteiger partial charge in [-0.15, -0.1) is 5.10 Å². The molecule has 0 bridgehead atoms. The van der Waals surface area contributed by atoms with Crippen LogP contribution in [0.1, 0.15) is 11.9 Å². The predicted molar refractivity (Wildman–Crippen MR) is 60.1 cm³/mol. The Kier molecular flexibility index (Phi) is 2.63. The highest BCUT2D eigenvalue weighted by Gasteiger charge is 2.03. The van der Waals surface area contributed by atoms with Crippen LogP contribution in [0.2, 0.25) is 0 Å². The summed E-state index contributed by atoms with van der Waals surface area (Å²) in [5, 5.41) is 10.1. The van der Waals surface area contributed by atoms with Gasteiger partial charge in [-0.05, 0) is 19.1 Å². The van der Waals surface area contributed by atoms with Gasteiger partial charge in [0, 0.05) is 0 Å². The summed E-state index contributed by atoms with van der Waals surface area (Å²) in [5.41, 5.74) is 0. The molecule has 0 spiro atoms. The first-order valence-electron chi connectivity index (χ1n) is 4.39. The smallest absolute Gasteiger partial charge is 0.113 e. The summed E-state index contributed by atoms with van der Waals surface area (Å²) in [4.78, 5) is 0.153. The molecule has 1 unspecified atom stereocenters. The fourth-order valence-corrected chi connectivity index (χ4v) is 1.58. The first-order valence-corrected chi connectivity index (χ1v) is 5.31. The van der Waals surface area contributed by atoms with Gasteiger partial charge in [0.05, 0.1) is 5.35 Å². The second-order valence-electron chi connectivity index (χ2n) is 2.98. The molecule has 1 aliphatic carbocycles. The van der Waals surface area contributed by atoms with Gasteiger partial charge in [0.15, 0.2) is 0 Å². The highest BCUT2D eigenvalue weighted by molar-refractivity contribution is 9.09. The fraction of sp³-hybridized carbons (Fsp3) is 0.200. The largest absolute Gasteiger partial charge is 0.231 e. The van der Waals surface area contributed by atoms with E-state index in [2.05, 4.69) is 26.2 Å². The third-order valence-corrected chi connectivity index (χ3v) is 2.32. The summed E-state index contributed by atoms with van der Waals surface area (Å²) in [6.07, 6.45) is 11.9. The van der Waals surface area contributed by atoms with Crippen LogP contribution in [0.4, 0.5) is 0 Å². The van der Waals surface area contributed by atoms with Gasteiger partial charge >= 0.3 is 0 Å². The third kappa shape index (κ3) is 1.70. The average molecular weight is 252 g/mol. The summed E-state index contributed by atoms with van der Waals surface area (Å²) < 4.78 is 1.84. The maximum Gasteiger partial charge on any atom is 0.113 e. The second kappa shape index (κ2) is 3.92. The van der Waals surface area contributed by atoms with Crippen LogP contribution in [-0.2, 0) is 0 Å². The molecule has 0 aromatic carbocycles. The first-order chi connectivity index (χ1) is 6.79. The van der Waals surface area contributed by atoms with Crippen molar-refractivity contribution < 1.29 is 0 Å². The summed E-state index contributed by atoms with van der Waals surface area (Å²) in [6.45, 7) is 2.02. The van der Waals surface area contributed by atoms with Crippen LogP contribution in [0.5, 0.6) is 0 Å². The lowest BCUT2D eigenvalue weighted by atomic mass is 10.3. The molecule has 1 atom stereocenters. The van der Waals surface area contributed by atoms with Crippen LogP contribution in [0, 0.1) is 0 Å². The number of alkyl halides is 1. The van der Waals surface area contributed by atoms with Crippen LogP contribution >= 0.6 is 15.9 Å². The van der Waals surface area contributed by atoms with E-state index in [1.807, 2.05) is 48.1 Å². The van der Waals surface area contributed by atoms with Crippen molar-refractivity contribution in [3.05, 3.63) is 35.0 Å². The Hall–Kier alpha value is -1.16. The Morgan fingerprint density at radius 2 is 1.93 bits per heavy atom. The number of fused-ring (bicyclic) bond motifs is 1. The molecule has 1 aromatic rings. The number of allylic oxidation sites excluding steroid dienone is 4. The fourth-order valence-electron chi connectivity index (χ4n) is 1.28. The maximum absolute atomic E-state index is 4.09. The molecule has 0 saturated heterocycles. The van der Waals surface area contributed by atoms with Gasteiger partial charge in [-0.25, -0.2) is 4.68 Å². The molecular formula is C10H10BrN3. The van der Waals surface area contributed by atoms with E-state index >= 15 is 0 Å². The minimum Gasteiger partial charge on any atom is -0.231 e. The molecule has 1 aliphatic rings. The summed E-state index contributed by atoms with van der Waals surface area (Å²) in [6, 6.07) is 0. The van der Waals surface area contributed by atoms with Crippen LogP contribution in [0.3, 0.4) is 0 Å². The lowest BCUT2D eigenvalue weighted by Crippen LogP contribution is -2.30. The second-order valence-corrected chi connectivity index (χ2v) is 4.31. The molecule has 14 heavy (non-hydrogen) atoms. The van der Waals surface area contributed by atoms with E-state index in [1.165, 1.54) is 0 Å². The molecule has 0 saturated carbocycles. The van der Waals surface area contributed by atoms with Gasteiger partial charge < -0.3 is 0 Å². The van der Waals surface area contributed by atoms with E-state index < -0.39 is 0 Å². The Morgan fingerprint density at radius 1 is 1.21 bits per heavy atom. The average Bonchev–Trinajstić information content (AvgIpc) is 2.47. The highest BCUT2D eigenvalue weighted by Crippen LogP contribution is 2.06. The maximum atomic E-state index is 4.09. The van der Waals surface area contributed by atoms with Crippen molar-refractivity contribution in [3.63, 3.8) is 0 Å². The van der Waals surface area contributed by atoms with Gasteiger partial charge in [-0.2, -0.15) is 0 Å². The van der Waals surface area contributed by atoms with Crippen molar-refractivity contribution in [2.45, 2.75) is 11.9 Å². The lowest BCUT2D eigenvalue weighted by Gasteiger charge is -2.00. The van der Waals surface area contributed by atoms with E-state index in [0.717, 1.165) is 10.7 Å². The summed E-state index contributed by atoms with van der Waals surface area (Å²) in [5.74, 6) is 0. The first kappa shape index (κ1) is 9.40. The van der Waals surface area contributed by atoms with Gasteiger partial charge in [0.25, 0.3) is 0 Å². The lowest BCUT2D eigenvalue weighted by molar-refractivity contribution is 0.606. The Morgan fingerprint density at radius 3 is 2.64 bits per heavy atom. The highest BCUT2D eigenvalue weighted by atomic mass is 79.9. The van der Waals surface area contributed by atoms with Crippen molar-refractivity contribution in [1.29, 1.82) is 0 Å². The number of rotatable bonds is 1. The zero-order valence-electron chi connectivity index (χ0n) is 7.76. The van der Waals surface area contributed by atoms with Gasteiger partial charge in [-0.1, -0.05) is 45.4 Å². The van der Waals surface area contributed by atoms with E-state index in [9.17, 15) is 0 Å². The molecule has 0 radical (unpaired) electrons. The molecule has 0 aliphatic heterocycles. The molecule has 72 valence electrons. The van der Waals surface area contributed by atoms with E-state index in [4.69, 9.17) is 0 Å². The number of hydrogen-bond acceptors (Lipinski definition) is 2. The number of hydrogen-bond donors (Lipinski definition) is 0. The molecule has 2 rings (SSSR count). The van der Waals surface area contributed by atoms with Crippen LogP contribution < -0.4 is 10.7 Å². The zero-order chi connectivity index (χ0) is 9.97. The minimum atomic E-state index is 0.153. The van der Waals surface area contributed by atoms with Crippen LogP contribution in [0.25, 0.3) is 12.2 Å². The molecule has 0 fully saturated rings. The van der Waals surface area contributed by atoms with Crippen molar-refractivity contribution in [2.75, 3.05) is 0 Å². The molecular weight excluding hydrogens is 242 g/mol. The van der Waals surface area contributed by atoms with Gasteiger partial charge in [0.1, 0.15) is 10.3 Å². The SMILES string of the molecule is CC(Br)n1nnc2/c1=C\C=C/C=C\C=2. The predicted octanol–water partition coefficient (Wildman–Crippen LogP) is 0.878. The third-order valence-electron chi connectivity index (χ3n) is 1.94. The minimum absolute atomic E-state index is 0.153. The van der Waals surface area contributed by atoms with Crippen molar-refractivity contribution in [3.8, 4) is 0 Å². The molecule has 3 nitrogen and oxygen atoms in total. The van der Waals surface area contributed by atoms with E-state index in [-0.39, 0.29) is 4.95 Å². The van der Waals surface area contributed by atoms with Crippen molar-refractivity contribution >= 4 is 28.1 Å². The zero-order valence-corrected chi connectivity index (χ0v) is 9.35. The Balaban J connectivity index is 2.72. The van der Waals surface area contributed by atoms with Crippen molar-refractivity contribution in [2.24, 2.45) is 0 Å². The number of nitrogens with zero attached hydrogens (tertiary/aromatic N) is 3. The monoisotopic (exact) mass is 251 g/mol. The standard InChI is InChI=1S/C10H10BrN3/c1-8(11)14-10-7-5-3-2-4-6-9(10)12-13-14/h2-8H,1H3/b3-2?,4-2-,5-3-,6-4?,7-5?,9-6+,10-7+. The molecule has 0 amide bonds. The van der Waals surface area contributed by atoms with E-state index in [1.54, 1.807) is 0 Å². The normalized spacial score (nSPS) is 25.6. The topological polar surface area (TPSA) is 30.7 Å². The van der Waals surface area contributed by atoms with Gasteiger partial charge in [-0.3, -0.25) is 0 Å². The van der Waals surface area contributed by atoms with Crippen molar-refractivity contribution in [1.82, 2.24) is 15.0 Å². The molecule has 0 N–H and O–H groups in total. The van der Waals surface area contributed by atoms with E-state index in [0.29, 0.717) is 0 Å². The number of aromatic nitrogens is 3. The van der Waals surface area contributed by atoms with Gasteiger partial charge in [0.2, 0.25) is 0 Å². The quantitative estimate of drug-likeness (QED) is 0.694. The Bertz CT molecular complexity index is 494. The molecule has 1 aromatic heterocycles. The molecule has 4 heteroatoms. The van der Waals surface area contributed by atoms with Crippen LogP contribution in [-0.4, -0.2) is 15.0 Å².